The standard InChI is InChI=1S/C22H21ClFN3O2S2/c1-22(2,3)21-26-25-20(30-21)15-10-17-18(11-16(15)24)31(29)9-8-19(28)27(17)12-13-4-6-14(23)7-5-13/h4-7,10-11H,8-9,12H2,1-3H3. The fourth-order valence-electron chi connectivity index (χ4n) is 3.24. The second-order valence-electron chi connectivity index (χ2n) is 8.37. The molecule has 1 aliphatic rings. The highest BCUT2D eigenvalue weighted by Crippen LogP contribution is 2.38. The summed E-state index contributed by atoms with van der Waals surface area (Å²) in [5.41, 5.74) is 1.35. The Morgan fingerprint density at radius 2 is 1.90 bits per heavy atom. The van der Waals surface area contributed by atoms with Gasteiger partial charge < -0.3 is 4.90 Å². The molecule has 1 atom stereocenters. The molecule has 1 amide bonds. The Hall–Kier alpha value is -2.16. The summed E-state index contributed by atoms with van der Waals surface area (Å²) < 4.78 is 27.8. The maximum absolute atomic E-state index is 15.1. The highest BCUT2D eigenvalue weighted by atomic mass is 35.5. The number of benzene rings is 2. The average molecular weight is 478 g/mol. The Morgan fingerprint density at radius 1 is 1.19 bits per heavy atom. The lowest BCUT2D eigenvalue weighted by Gasteiger charge is -2.23. The van der Waals surface area contributed by atoms with Gasteiger partial charge in [-0.25, -0.2) is 4.39 Å². The Balaban J connectivity index is 1.82. The molecule has 2 heterocycles. The third-order valence-electron chi connectivity index (χ3n) is 4.94. The van der Waals surface area contributed by atoms with Crippen LogP contribution in [0.4, 0.5) is 10.1 Å². The van der Waals surface area contributed by atoms with E-state index in [9.17, 15) is 9.00 Å². The molecule has 0 bridgehead atoms. The predicted molar refractivity (Wildman–Crippen MR) is 123 cm³/mol. The van der Waals surface area contributed by atoms with Crippen molar-refractivity contribution in [2.75, 3.05) is 10.7 Å². The molecule has 162 valence electrons. The predicted octanol–water partition coefficient (Wildman–Crippen LogP) is 5.34. The Kier molecular flexibility index (Phi) is 5.98. The van der Waals surface area contributed by atoms with E-state index in [2.05, 4.69) is 10.2 Å². The molecule has 4 rings (SSSR count). The minimum Gasteiger partial charge on any atom is -0.307 e. The molecule has 1 unspecified atom stereocenters. The van der Waals surface area contributed by atoms with Crippen molar-refractivity contribution in [3.8, 4) is 10.6 Å². The van der Waals surface area contributed by atoms with Gasteiger partial charge in [-0.15, -0.1) is 10.2 Å². The number of halogens is 2. The van der Waals surface area contributed by atoms with Gasteiger partial charge in [0.05, 0.1) is 33.5 Å². The number of hydrogen-bond donors (Lipinski definition) is 0. The molecule has 0 saturated heterocycles. The largest absolute Gasteiger partial charge is 0.307 e. The van der Waals surface area contributed by atoms with Gasteiger partial charge in [-0.1, -0.05) is 55.8 Å². The lowest BCUT2D eigenvalue weighted by Crippen LogP contribution is -2.30. The van der Waals surface area contributed by atoms with Crippen molar-refractivity contribution in [3.05, 3.63) is 57.8 Å². The molecular formula is C22H21ClFN3O2S2. The van der Waals surface area contributed by atoms with E-state index in [1.807, 2.05) is 32.9 Å². The second-order valence-corrected chi connectivity index (χ2v) is 11.3. The summed E-state index contributed by atoms with van der Waals surface area (Å²) in [7, 11) is -1.48. The van der Waals surface area contributed by atoms with Gasteiger partial charge in [0.1, 0.15) is 10.8 Å². The van der Waals surface area contributed by atoms with Crippen LogP contribution in [-0.2, 0) is 27.6 Å². The Morgan fingerprint density at radius 3 is 2.55 bits per heavy atom. The van der Waals surface area contributed by atoms with Gasteiger partial charge in [-0.2, -0.15) is 0 Å². The van der Waals surface area contributed by atoms with Crippen LogP contribution in [0.1, 0.15) is 37.8 Å². The van der Waals surface area contributed by atoms with Crippen molar-refractivity contribution in [3.63, 3.8) is 0 Å². The molecule has 2 aromatic carbocycles. The molecule has 3 aromatic rings. The monoisotopic (exact) mass is 477 g/mol. The smallest absolute Gasteiger partial charge is 0.228 e. The molecule has 1 aliphatic heterocycles. The molecular weight excluding hydrogens is 457 g/mol. The van der Waals surface area contributed by atoms with Crippen molar-refractivity contribution in [1.29, 1.82) is 0 Å². The van der Waals surface area contributed by atoms with E-state index < -0.39 is 16.6 Å². The normalized spacial score (nSPS) is 16.9. The van der Waals surface area contributed by atoms with Gasteiger partial charge in [-0.3, -0.25) is 9.00 Å². The first-order valence-corrected chi connectivity index (χ1v) is 12.3. The lowest BCUT2D eigenvalue weighted by molar-refractivity contribution is -0.118. The first kappa shape index (κ1) is 22.0. The molecule has 0 saturated carbocycles. The van der Waals surface area contributed by atoms with Crippen LogP contribution < -0.4 is 4.90 Å². The molecule has 0 aliphatic carbocycles. The summed E-state index contributed by atoms with van der Waals surface area (Å²) in [6, 6.07) is 10.0. The van der Waals surface area contributed by atoms with E-state index in [1.165, 1.54) is 17.4 Å². The van der Waals surface area contributed by atoms with Crippen molar-refractivity contribution < 1.29 is 13.4 Å². The van der Waals surface area contributed by atoms with Gasteiger partial charge >= 0.3 is 0 Å². The highest BCUT2D eigenvalue weighted by Gasteiger charge is 2.29. The number of rotatable bonds is 3. The minimum atomic E-state index is -1.48. The fraction of sp³-hybridized carbons (Fsp3) is 0.318. The van der Waals surface area contributed by atoms with E-state index in [-0.39, 0.29) is 35.6 Å². The number of carbonyl (C=O) groups excluding carboxylic acids is 1. The van der Waals surface area contributed by atoms with E-state index in [4.69, 9.17) is 11.6 Å². The summed E-state index contributed by atoms with van der Waals surface area (Å²) >= 11 is 7.29. The van der Waals surface area contributed by atoms with Gasteiger partial charge in [0.2, 0.25) is 5.91 Å². The van der Waals surface area contributed by atoms with Crippen LogP contribution in [0, 0.1) is 5.82 Å². The minimum absolute atomic E-state index is 0.124. The number of nitrogens with zero attached hydrogens (tertiary/aromatic N) is 3. The number of hydrogen-bond acceptors (Lipinski definition) is 5. The zero-order chi connectivity index (χ0) is 22.3. The molecule has 5 nitrogen and oxygen atoms in total. The van der Waals surface area contributed by atoms with Crippen molar-refractivity contribution in [2.45, 2.75) is 44.0 Å². The lowest BCUT2D eigenvalue weighted by atomic mass is 9.98. The summed E-state index contributed by atoms with van der Waals surface area (Å²) in [6.07, 6.45) is 0.124. The van der Waals surface area contributed by atoms with Gasteiger partial charge in [0.25, 0.3) is 0 Å². The molecule has 1 aromatic heterocycles. The quantitative estimate of drug-likeness (QED) is 0.510. The zero-order valence-electron chi connectivity index (χ0n) is 17.3. The highest BCUT2D eigenvalue weighted by molar-refractivity contribution is 7.85. The van der Waals surface area contributed by atoms with E-state index in [0.717, 1.165) is 10.6 Å². The first-order chi connectivity index (χ1) is 14.6. The van der Waals surface area contributed by atoms with Gasteiger partial charge in [0.15, 0.2) is 5.01 Å². The van der Waals surface area contributed by atoms with Crippen LogP contribution in [0.25, 0.3) is 10.6 Å². The van der Waals surface area contributed by atoms with Crippen LogP contribution >= 0.6 is 22.9 Å². The number of fused-ring (bicyclic) bond motifs is 1. The summed E-state index contributed by atoms with van der Waals surface area (Å²) in [6.45, 7) is 6.32. The van der Waals surface area contributed by atoms with Crippen molar-refractivity contribution in [1.82, 2.24) is 10.2 Å². The third kappa shape index (κ3) is 4.56. The SMILES string of the molecule is CC(C)(C)c1nnc(-c2cc3c(cc2F)S(=O)CCC(=O)N3Cc2ccc(Cl)cc2)s1. The topological polar surface area (TPSA) is 63.2 Å². The maximum atomic E-state index is 15.1. The van der Waals surface area contributed by atoms with Crippen molar-refractivity contribution >= 4 is 45.3 Å². The summed E-state index contributed by atoms with van der Waals surface area (Å²) in [5.74, 6) is -0.522. The second kappa shape index (κ2) is 8.41. The van der Waals surface area contributed by atoms with Crippen LogP contribution in [0.3, 0.4) is 0 Å². The number of aromatic nitrogens is 2. The zero-order valence-corrected chi connectivity index (χ0v) is 19.7. The van der Waals surface area contributed by atoms with E-state index in [1.54, 1.807) is 23.1 Å². The fourth-order valence-corrected chi connectivity index (χ4v) is 5.50. The van der Waals surface area contributed by atoms with Crippen LogP contribution in [0.2, 0.25) is 5.02 Å². The number of carbonyl (C=O) groups is 1. The molecule has 31 heavy (non-hydrogen) atoms. The number of anilines is 1. The van der Waals surface area contributed by atoms with Crippen LogP contribution in [0.5, 0.6) is 0 Å². The summed E-state index contributed by atoms with van der Waals surface area (Å²) in [5, 5.41) is 10.2. The van der Waals surface area contributed by atoms with E-state index >= 15 is 4.39 Å². The average Bonchev–Trinajstić information content (AvgIpc) is 3.18. The van der Waals surface area contributed by atoms with Gasteiger partial charge in [0, 0.05) is 22.6 Å². The Labute approximate surface area is 191 Å². The Bertz CT molecular complexity index is 1170. The first-order valence-electron chi connectivity index (χ1n) is 9.74. The van der Waals surface area contributed by atoms with Crippen LogP contribution in [-0.4, -0.2) is 26.1 Å². The molecule has 0 radical (unpaired) electrons. The molecule has 9 heteroatoms. The van der Waals surface area contributed by atoms with E-state index in [0.29, 0.717) is 20.6 Å². The third-order valence-corrected chi connectivity index (χ3v) is 7.96. The number of amides is 1. The molecule has 0 fully saturated rings. The van der Waals surface area contributed by atoms with Crippen LogP contribution in [0.15, 0.2) is 41.3 Å². The van der Waals surface area contributed by atoms with Gasteiger partial charge in [-0.05, 0) is 29.8 Å². The van der Waals surface area contributed by atoms with Crippen molar-refractivity contribution in [2.24, 2.45) is 0 Å². The summed E-state index contributed by atoms with van der Waals surface area (Å²) in [4.78, 5) is 14.8. The molecule has 0 spiro atoms. The molecule has 0 N–H and O–H groups in total. The maximum Gasteiger partial charge on any atom is 0.228 e.